The summed E-state index contributed by atoms with van der Waals surface area (Å²) in [7, 11) is 0. The monoisotopic (exact) mass is 258 g/mol. The van der Waals surface area contributed by atoms with E-state index in [1.165, 1.54) is 4.90 Å². The van der Waals surface area contributed by atoms with Gasteiger partial charge in [0.2, 0.25) is 0 Å². The van der Waals surface area contributed by atoms with Gasteiger partial charge in [-0.15, -0.1) is 0 Å². The minimum absolute atomic E-state index is 0.0603. The van der Waals surface area contributed by atoms with Crippen molar-refractivity contribution >= 4 is 12.0 Å². The molecule has 2 fully saturated rings. The van der Waals surface area contributed by atoms with Gasteiger partial charge < -0.3 is 25.2 Å². The van der Waals surface area contributed by atoms with Crippen LogP contribution in [0.25, 0.3) is 0 Å². The number of nitrogens with zero attached hydrogens (tertiary/aromatic N) is 1. The number of ether oxygens (including phenoxy) is 1. The van der Waals surface area contributed by atoms with Gasteiger partial charge >= 0.3 is 12.0 Å². The number of urea groups is 1. The first-order valence-corrected chi connectivity index (χ1v) is 6.08. The molecular formula is C11H18N2O5. The Morgan fingerprint density at radius 2 is 2.17 bits per heavy atom. The third-order valence-corrected chi connectivity index (χ3v) is 3.51. The molecule has 2 rings (SSSR count). The molecule has 0 aromatic heterocycles. The SMILES string of the molecule is CC1OCCC1NC(=O)N1C[C@H](O)C[C@@H]1C(=O)O. The number of amides is 2. The van der Waals surface area contributed by atoms with E-state index in [1.54, 1.807) is 0 Å². The number of hydrogen-bond acceptors (Lipinski definition) is 4. The highest BCUT2D eigenvalue weighted by Crippen LogP contribution is 2.19. The number of nitrogens with one attached hydrogen (secondary N) is 1. The molecule has 0 radical (unpaired) electrons. The van der Waals surface area contributed by atoms with Crippen LogP contribution in [0.1, 0.15) is 19.8 Å². The number of likely N-dealkylation sites (tertiary alicyclic amines) is 1. The average Bonchev–Trinajstić information content (AvgIpc) is 2.86. The van der Waals surface area contributed by atoms with Crippen LogP contribution in [0, 0.1) is 0 Å². The number of aliphatic hydroxyl groups excluding tert-OH is 1. The molecule has 7 heteroatoms. The molecule has 2 saturated heterocycles. The Bertz CT molecular complexity index is 348. The molecule has 0 spiro atoms. The van der Waals surface area contributed by atoms with E-state index >= 15 is 0 Å². The smallest absolute Gasteiger partial charge is 0.326 e. The van der Waals surface area contributed by atoms with Crippen LogP contribution in [-0.4, -0.2) is 64.6 Å². The quantitative estimate of drug-likeness (QED) is 0.614. The van der Waals surface area contributed by atoms with Gasteiger partial charge in [0, 0.05) is 19.6 Å². The highest BCUT2D eigenvalue weighted by Gasteiger charge is 2.40. The van der Waals surface area contributed by atoms with Crippen LogP contribution >= 0.6 is 0 Å². The summed E-state index contributed by atoms with van der Waals surface area (Å²) < 4.78 is 5.33. The molecular weight excluding hydrogens is 240 g/mol. The van der Waals surface area contributed by atoms with Crippen LogP contribution in [0.3, 0.4) is 0 Å². The first kappa shape index (κ1) is 13.1. The summed E-state index contributed by atoms with van der Waals surface area (Å²) in [4.78, 5) is 24.2. The van der Waals surface area contributed by atoms with Crippen molar-refractivity contribution in [3.63, 3.8) is 0 Å². The fourth-order valence-electron chi connectivity index (χ4n) is 2.44. The average molecular weight is 258 g/mol. The van der Waals surface area contributed by atoms with Crippen molar-refractivity contribution < 1.29 is 24.5 Å². The summed E-state index contributed by atoms with van der Waals surface area (Å²) in [6, 6.07) is -1.48. The van der Waals surface area contributed by atoms with Crippen LogP contribution in [0.4, 0.5) is 4.79 Å². The zero-order valence-electron chi connectivity index (χ0n) is 10.2. The predicted octanol–water partition coefficient (Wildman–Crippen LogP) is -0.607. The summed E-state index contributed by atoms with van der Waals surface area (Å²) in [6.07, 6.45) is -0.0283. The van der Waals surface area contributed by atoms with Gasteiger partial charge in [0.05, 0.1) is 18.2 Å². The van der Waals surface area contributed by atoms with Gasteiger partial charge in [-0.05, 0) is 13.3 Å². The standard InChI is InChI=1S/C11H18N2O5/c1-6-8(2-3-18-6)12-11(17)13-5-7(14)4-9(13)10(15)16/h6-9,14H,2-5H2,1H3,(H,12,17)(H,15,16)/t6?,7-,8?,9-/m1/s1. The summed E-state index contributed by atoms with van der Waals surface area (Å²) >= 11 is 0. The molecule has 18 heavy (non-hydrogen) atoms. The summed E-state index contributed by atoms with van der Waals surface area (Å²) in [5.74, 6) is -1.09. The lowest BCUT2D eigenvalue weighted by Crippen LogP contribution is -2.50. The van der Waals surface area contributed by atoms with E-state index in [-0.39, 0.29) is 25.1 Å². The number of carboxylic acid groups (broad SMARTS) is 1. The number of β-amino-alcohol motifs (C(OH)–C–C–N with tert-alkyl or cyclic N) is 1. The number of aliphatic hydroxyl groups is 1. The molecule has 2 unspecified atom stereocenters. The molecule has 0 aromatic carbocycles. The normalized spacial score (nSPS) is 35.8. The Morgan fingerprint density at radius 1 is 1.44 bits per heavy atom. The zero-order chi connectivity index (χ0) is 13.3. The number of carbonyl (C=O) groups is 2. The third kappa shape index (κ3) is 2.56. The second-order valence-corrected chi connectivity index (χ2v) is 4.82. The lowest BCUT2D eigenvalue weighted by molar-refractivity contribution is -0.141. The van der Waals surface area contributed by atoms with Crippen LogP contribution in [0.2, 0.25) is 0 Å². The van der Waals surface area contributed by atoms with Crippen LogP contribution in [-0.2, 0) is 9.53 Å². The lowest BCUT2D eigenvalue weighted by Gasteiger charge is -2.25. The fourth-order valence-corrected chi connectivity index (χ4v) is 2.44. The van der Waals surface area contributed by atoms with Crippen molar-refractivity contribution in [3.05, 3.63) is 0 Å². The number of rotatable bonds is 2. The fraction of sp³-hybridized carbons (Fsp3) is 0.818. The van der Waals surface area contributed by atoms with Gasteiger partial charge in [-0.1, -0.05) is 0 Å². The molecule has 2 amide bonds. The van der Waals surface area contributed by atoms with Crippen molar-refractivity contribution in [2.24, 2.45) is 0 Å². The molecule has 102 valence electrons. The van der Waals surface area contributed by atoms with Crippen molar-refractivity contribution in [1.82, 2.24) is 10.2 Å². The van der Waals surface area contributed by atoms with Gasteiger partial charge in [0.25, 0.3) is 0 Å². The molecule has 0 aliphatic carbocycles. The van der Waals surface area contributed by atoms with E-state index in [0.29, 0.717) is 6.61 Å². The number of carbonyl (C=O) groups excluding carboxylic acids is 1. The van der Waals surface area contributed by atoms with Crippen molar-refractivity contribution in [3.8, 4) is 0 Å². The Kier molecular flexibility index (Phi) is 3.72. The summed E-state index contributed by atoms with van der Waals surface area (Å²) in [6.45, 7) is 2.52. The largest absolute Gasteiger partial charge is 0.480 e. The van der Waals surface area contributed by atoms with E-state index in [1.807, 2.05) is 6.92 Å². The third-order valence-electron chi connectivity index (χ3n) is 3.51. The number of carboxylic acids is 1. The van der Waals surface area contributed by atoms with Gasteiger partial charge in [-0.3, -0.25) is 0 Å². The molecule has 2 aliphatic rings. The molecule has 7 nitrogen and oxygen atoms in total. The van der Waals surface area contributed by atoms with E-state index in [2.05, 4.69) is 5.32 Å². The van der Waals surface area contributed by atoms with Crippen molar-refractivity contribution in [2.75, 3.05) is 13.2 Å². The van der Waals surface area contributed by atoms with Gasteiger partial charge in [-0.2, -0.15) is 0 Å². The molecule has 0 aromatic rings. The minimum atomic E-state index is -1.09. The predicted molar refractivity (Wildman–Crippen MR) is 61.1 cm³/mol. The Balaban J connectivity index is 1.97. The Hall–Kier alpha value is -1.34. The molecule has 4 atom stereocenters. The topological polar surface area (TPSA) is 99.1 Å². The first-order chi connectivity index (χ1) is 8.49. The van der Waals surface area contributed by atoms with E-state index in [4.69, 9.17) is 9.84 Å². The highest BCUT2D eigenvalue weighted by molar-refractivity contribution is 5.83. The van der Waals surface area contributed by atoms with Gasteiger partial charge in [0.15, 0.2) is 0 Å². The Labute approximate surface area is 105 Å². The first-order valence-electron chi connectivity index (χ1n) is 6.08. The maximum absolute atomic E-state index is 12.0. The number of aliphatic carboxylic acids is 1. The second-order valence-electron chi connectivity index (χ2n) is 4.82. The Morgan fingerprint density at radius 3 is 2.72 bits per heavy atom. The maximum atomic E-state index is 12.0. The highest BCUT2D eigenvalue weighted by atomic mass is 16.5. The molecule has 0 saturated carbocycles. The minimum Gasteiger partial charge on any atom is -0.480 e. The molecule has 2 aliphatic heterocycles. The van der Waals surface area contributed by atoms with Gasteiger partial charge in [-0.25, -0.2) is 9.59 Å². The molecule has 2 heterocycles. The van der Waals surface area contributed by atoms with E-state index < -0.39 is 24.1 Å². The zero-order valence-corrected chi connectivity index (χ0v) is 10.2. The lowest BCUT2D eigenvalue weighted by atomic mass is 10.1. The van der Waals surface area contributed by atoms with Crippen LogP contribution in [0.15, 0.2) is 0 Å². The van der Waals surface area contributed by atoms with E-state index in [0.717, 1.165) is 6.42 Å². The van der Waals surface area contributed by atoms with Crippen molar-refractivity contribution in [1.29, 1.82) is 0 Å². The van der Waals surface area contributed by atoms with Gasteiger partial charge in [0.1, 0.15) is 6.04 Å². The maximum Gasteiger partial charge on any atom is 0.326 e. The second kappa shape index (κ2) is 5.11. The summed E-state index contributed by atoms with van der Waals surface area (Å²) in [5.41, 5.74) is 0. The van der Waals surface area contributed by atoms with Crippen LogP contribution < -0.4 is 5.32 Å². The van der Waals surface area contributed by atoms with Crippen molar-refractivity contribution in [2.45, 2.75) is 44.1 Å². The molecule has 3 N–H and O–H groups in total. The van der Waals surface area contributed by atoms with E-state index in [9.17, 15) is 14.7 Å². The van der Waals surface area contributed by atoms with Crippen LogP contribution in [0.5, 0.6) is 0 Å². The molecule has 0 bridgehead atoms. The number of hydrogen-bond donors (Lipinski definition) is 3. The summed E-state index contributed by atoms with van der Waals surface area (Å²) in [5, 5.41) is 21.2.